The van der Waals surface area contributed by atoms with Crippen LogP contribution in [0.15, 0.2) is 97.8 Å². The number of aliphatic hydroxyl groups is 1. The molecule has 5 unspecified atom stereocenters. The van der Waals surface area contributed by atoms with E-state index in [2.05, 4.69) is 29.6 Å². The van der Waals surface area contributed by atoms with E-state index in [0.717, 1.165) is 83.0 Å². The zero-order valence-electron chi connectivity index (χ0n) is 45.2. The maximum absolute atomic E-state index is 17.8. The average Bonchev–Trinajstić information content (AvgIpc) is 3.76. The summed E-state index contributed by atoms with van der Waals surface area (Å²) in [5, 5.41) is 13.5. The van der Waals surface area contributed by atoms with Gasteiger partial charge in [-0.05, 0) is 125 Å². The van der Waals surface area contributed by atoms with Crippen molar-refractivity contribution in [1.82, 2.24) is 49.3 Å². The third-order valence-corrected chi connectivity index (χ3v) is 19.7. The molecule has 4 aromatic carbocycles. The monoisotopic (exact) mass is 1110 g/mol. The van der Waals surface area contributed by atoms with Crippen LogP contribution in [0.5, 0.6) is 12.0 Å². The molecule has 11 heterocycles. The molecule has 5 aromatic heterocycles. The van der Waals surface area contributed by atoms with Crippen LogP contribution in [0.1, 0.15) is 88.3 Å². The number of halogens is 4. The predicted molar refractivity (Wildman–Crippen MR) is 303 cm³/mol. The molecule has 1 N–H and O–H groups in total. The van der Waals surface area contributed by atoms with E-state index in [-0.39, 0.29) is 81.4 Å². The zero-order valence-corrected chi connectivity index (χ0v) is 45.2. The Labute approximate surface area is 470 Å². The summed E-state index contributed by atoms with van der Waals surface area (Å²) in [6.07, 6.45) is 17.9. The lowest BCUT2D eigenvalue weighted by Crippen LogP contribution is -2.48. The van der Waals surface area contributed by atoms with Gasteiger partial charge in [0, 0.05) is 78.4 Å². The number of rotatable bonds is 12. The number of imidazole rings is 1. The number of anilines is 2. The molecule has 1 saturated carbocycles. The first-order valence-corrected chi connectivity index (χ1v) is 29.1. The van der Waals surface area contributed by atoms with Gasteiger partial charge in [0.15, 0.2) is 11.6 Å². The highest BCUT2D eigenvalue weighted by molar-refractivity contribution is 6.02. The highest BCUT2D eigenvalue weighted by Gasteiger charge is 2.51. The standard InChI is InChI=1S/C63H60F4N12O3/c64-47-12-2-8-37-7-1-10-43(50(37)47)54-52(66)56-45(28-69-54)58(76-31-39(32-76)75-24-20-68-35-75)73-60(71-56)82-34-63-18-6-23-79(63)49(15-19-63)41-13-14-48(65)51-42(41)9-3-11-44(51)55-53(67)57-46(29-70-55)59(78-30-36-25-38(78)27-40(80)26-36)74-61(72-57)81-33-62-16-4-21-77(62)22-5-17-62/h1-3,7-14,20,24,28-29,35-36,38-40,49,80H,4-6,15-19,21-23,25-27,30-34H2. The van der Waals surface area contributed by atoms with Gasteiger partial charge in [-0.1, -0.05) is 54.6 Å². The Morgan fingerprint density at radius 3 is 2.02 bits per heavy atom. The molecule has 0 amide bonds. The van der Waals surface area contributed by atoms with Crippen LogP contribution in [0.3, 0.4) is 0 Å². The van der Waals surface area contributed by atoms with Crippen LogP contribution in [0.4, 0.5) is 29.2 Å². The lowest BCUT2D eigenvalue weighted by Gasteiger charge is -2.41. The van der Waals surface area contributed by atoms with Crippen molar-refractivity contribution in [3.8, 4) is 34.5 Å². The number of benzene rings is 4. The number of aromatic nitrogens is 8. The molecule has 0 spiro atoms. The molecule has 0 radical (unpaired) electrons. The fraction of sp³-hybridized carbons (Fsp3) is 0.413. The second-order valence-corrected chi connectivity index (χ2v) is 24.2. The summed E-state index contributed by atoms with van der Waals surface area (Å²) in [6, 6.07) is 19.0. The fourth-order valence-electron chi connectivity index (χ4n) is 15.8. The van der Waals surface area contributed by atoms with Crippen molar-refractivity contribution >= 4 is 55.0 Å². The summed E-state index contributed by atoms with van der Waals surface area (Å²) < 4.78 is 82.5. The first kappa shape index (κ1) is 50.1. The molecule has 7 aliphatic rings. The molecular formula is C63H60F4N12O3. The maximum Gasteiger partial charge on any atom is 0.319 e. The van der Waals surface area contributed by atoms with Crippen LogP contribution < -0.4 is 19.3 Å². The minimum atomic E-state index is -0.701. The third kappa shape index (κ3) is 7.95. The number of ether oxygens (including phenoxy) is 2. The Hall–Kier alpha value is -7.61. The Kier molecular flexibility index (Phi) is 11.8. The van der Waals surface area contributed by atoms with Gasteiger partial charge in [0.25, 0.3) is 0 Å². The Balaban J connectivity index is 0.728. The van der Waals surface area contributed by atoms with Crippen LogP contribution in [0.25, 0.3) is 65.9 Å². The summed E-state index contributed by atoms with van der Waals surface area (Å²) in [6.45, 7) is 5.31. The van der Waals surface area contributed by atoms with Crippen LogP contribution in [-0.2, 0) is 0 Å². The van der Waals surface area contributed by atoms with Gasteiger partial charge < -0.3 is 28.9 Å². The molecule has 7 fully saturated rings. The Morgan fingerprint density at radius 2 is 1.28 bits per heavy atom. The normalized spacial score (nSPS) is 24.4. The third-order valence-electron chi connectivity index (χ3n) is 19.7. The fourth-order valence-corrected chi connectivity index (χ4v) is 15.8. The van der Waals surface area contributed by atoms with Gasteiger partial charge in [-0.15, -0.1) is 0 Å². The smallest absolute Gasteiger partial charge is 0.319 e. The van der Waals surface area contributed by atoms with Crippen molar-refractivity contribution in [2.45, 2.75) is 106 Å². The number of aliphatic hydroxyl groups excluding tert-OH is 1. The molecule has 19 heteroatoms. The van der Waals surface area contributed by atoms with Gasteiger partial charge in [-0.2, -0.15) is 19.9 Å². The largest absolute Gasteiger partial charge is 0.461 e. The van der Waals surface area contributed by atoms with Crippen molar-refractivity contribution in [2.75, 3.05) is 62.3 Å². The van der Waals surface area contributed by atoms with Crippen molar-refractivity contribution in [3.05, 3.63) is 127 Å². The minimum absolute atomic E-state index is 0.0131. The molecule has 16 rings (SSSR count). The van der Waals surface area contributed by atoms with E-state index in [1.165, 1.54) is 12.1 Å². The van der Waals surface area contributed by atoms with E-state index in [4.69, 9.17) is 34.4 Å². The summed E-state index contributed by atoms with van der Waals surface area (Å²) in [4.78, 5) is 42.4. The van der Waals surface area contributed by atoms with Crippen molar-refractivity contribution in [3.63, 3.8) is 0 Å². The molecular weight excluding hydrogens is 1050 g/mol. The lowest BCUT2D eigenvalue weighted by molar-refractivity contribution is 0.0848. The topological polar surface area (TPSA) is 147 Å². The second-order valence-electron chi connectivity index (χ2n) is 24.2. The number of hydrogen-bond acceptors (Lipinski definition) is 14. The van der Waals surface area contributed by atoms with Crippen LogP contribution >= 0.6 is 0 Å². The van der Waals surface area contributed by atoms with E-state index in [9.17, 15) is 5.11 Å². The maximum atomic E-state index is 17.8. The number of hydrogen-bond donors (Lipinski definition) is 1. The van der Waals surface area contributed by atoms with E-state index < -0.39 is 34.9 Å². The summed E-state index contributed by atoms with van der Waals surface area (Å²) in [7, 11) is 0. The van der Waals surface area contributed by atoms with Crippen molar-refractivity contribution < 1.29 is 32.1 Å². The average molecular weight is 1110 g/mol. The minimum Gasteiger partial charge on any atom is -0.461 e. The summed E-state index contributed by atoms with van der Waals surface area (Å²) >= 11 is 0. The van der Waals surface area contributed by atoms with E-state index in [0.29, 0.717) is 83.4 Å². The molecule has 5 atom stereocenters. The van der Waals surface area contributed by atoms with Crippen molar-refractivity contribution in [1.29, 1.82) is 0 Å². The van der Waals surface area contributed by atoms with E-state index >= 15 is 17.6 Å². The van der Waals surface area contributed by atoms with Gasteiger partial charge in [0.2, 0.25) is 0 Å². The molecule has 418 valence electrons. The molecule has 6 aliphatic heterocycles. The first-order chi connectivity index (χ1) is 40.1. The van der Waals surface area contributed by atoms with Gasteiger partial charge in [0.05, 0.1) is 40.3 Å². The summed E-state index contributed by atoms with van der Waals surface area (Å²) in [5.74, 6) is -1.02. The van der Waals surface area contributed by atoms with Crippen LogP contribution in [0, 0.1) is 29.2 Å². The van der Waals surface area contributed by atoms with E-state index in [1.54, 1.807) is 61.3 Å². The highest BCUT2D eigenvalue weighted by atomic mass is 19.1. The molecule has 9 aromatic rings. The Morgan fingerprint density at radius 1 is 0.622 bits per heavy atom. The van der Waals surface area contributed by atoms with E-state index in [1.807, 2.05) is 29.0 Å². The van der Waals surface area contributed by atoms with Gasteiger partial charge in [-0.3, -0.25) is 19.8 Å². The second kappa shape index (κ2) is 19.2. The van der Waals surface area contributed by atoms with Gasteiger partial charge in [-0.25, -0.2) is 22.5 Å². The van der Waals surface area contributed by atoms with Crippen LogP contribution in [0.2, 0.25) is 0 Å². The number of pyridine rings is 2. The van der Waals surface area contributed by atoms with Crippen molar-refractivity contribution in [2.24, 2.45) is 5.92 Å². The van der Waals surface area contributed by atoms with Crippen LogP contribution in [-0.4, -0.2) is 130 Å². The SMILES string of the molecule is OC1CC2CC(C1)N(c1nc(OCC34CCCN3CCC4)nc3c(F)c(-c4cccc5c(C6CCC7(COc8nc(N9CC(n%10ccnc%10)C9)c9cnc(-c%10cccc%11cccc(F)c%10%11)c(F)c9n8)CCCN67)ccc(F)c45)ncc13)C2. The first-order valence-electron chi connectivity index (χ1n) is 29.1. The quantitative estimate of drug-likeness (QED) is 0.116. The van der Waals surface area contributed by atoms with Gasteiger partial charge in [0.1, 0.15) is 58.9 Å². The molecule has 1 aliphatic carbocycles. The number of nitrogens with zero attached hydrogens (tertiary/aromatic N) is 12. The zero-order chi connectivity index (χ0) is 55.0. The Bertz CT molecular complexity index is 4020. The summed E-state index contributed by atoms with van der Waals surface area (Å²) in [5.41, 5.74) is 1.07. The highest BCUT2D eigenvalue weighted by Crippen LogP contribution is 2.52. The molecule has 2 bridgehead atoms. The molecule has 82 heavy (non-hydrogen) atoms. The van der Waals surface area contributed by atoms with Gasteiger partial charge >= 0.3 is 12.0 Å². The number of fused-ring (bicyclic) bond motifs is 8. The molecule has 6 saturated heterocycles. The predicted octanol–water partition coefficient (Wildman–Crippen LogP) is 10.9. The molecule has 15 nitrogen and oxygen atoms in total. The lowest BCUT2D eigenvalue weighted by atomic mass is 9.88.